The molecule has 1 amide bonds. The van der Waals surface area contributed by atoms with Crippen molar-refractivity contribution in [2.75, 3.05) is 31.9 Å². The van der Waals surface area contributed by atoms with Gasteiger partial charge in [-0.3, -0.25) is 4.79 Å². The molecule has 1 heterocycles. The molecular weight excluding hydrogens is 360 g/mol. The molecule has 0 atom stereocenters. The van der Waals surface area contributed by atoms with Gasteiger partial charge in [-0.15, -0.1) is 0 Å². The molecule has 0 bridgehead atoms. The first-order valence-electron chi connectivity index (χ1n) is 9.44. The highest BCUT2D eigenvalue weighted by molar-refractivity contribution is 7.89. The second-order valence-electron chi connectivity index (χ2n) is 6.80. The van der Waals surface area contributed by atoms with Gasteiger partial charge in [0.05, 0.1) is 5.75 Å². The number of sulfonamides is 1. The van der Waals surface area contributed by atoms with E-state index in [0.29, 0.717) is 38.2 Å². The Hall–Kier alpha value is -2.18. The lowest BCUT2D eigenvalue weighted by molar-refractivity contribution is 0.0698. The van der Waals surface area contributed by atoms with Gasteiger partial charge in [0.2, 0.25) is 10.0 Å². The smallest absolute Gasteiger partial charge is 0.253 e. The first-order chi connectivity index (χ1) is 13.0. The van der Waals surface area contributed by atoms with Gasteiger partial charge in [0.1, 0.15) is 0 Å². The SMILES string of the molecule is CCCCS(=O)(=O)N1CCN(C(=O)c2ccc(-c3ccccc3)cc2)CC1. The van der Waals surface area contributed by atoms with Crippen molar-refractivity contribution in [1.29, 1.82) is 0 Å². The van der Waals surface area contributed by atoms with E-state index < -0.39 is 10.0 Å². The van der Waals surface area contributed by atoms with Crippen LogP contribution in [0, 0.1) is 0 Å². The van der Waals surface area contributed by atoms with Crippen molar-refractivity contribution in [1.82, 2.24) is 9.21 Å². The van der Waals surface area contributed by atoms with E-state index in [-0.39, 0.29) is 11.7 Å². The molecule has 27 heavy (non-hydrogen) atoms. The average molecular weight is 387 g/mol. The minimum atomic E-state index is -3.20. The van der Waals surface area contributed by atoms with Crippen LogP contribution in [0.5, 0.6) is 0 Å². The van der Waals surface area contributed by atoms with Crippen molar-refractivity contribution in [2.45, 2.75) is 19.8 Å². The van der Waals surface area contributed by atoms with Crippen molar-refractivity contribution < 1.29 is 13.2 Å². The summed E-state index contributed by atoms with van der Waals surface area (Å²) in [6, 6.07) is 17.6. The minimum absolute atomic E-state index is 0.0415. The summed E-state index contributed by atoms with van der Waals surface area (Å²) in [5, 5.41) is 0. The van der Waals surface area contributed by atoms with Gasteiger partial charge in [0, 0.05) is 31.7 Å². The Labute approximate surface area is 161 Å². The molecule has 1 fully saturated rings. The third kappa shape index (κ3) is 4.76. The van der Waals surface area contributed by atoms with Crippen molar-refractivity contribution in [3.63, 3.8) is 0 Å². The molecule has 144 valence electrons. The maximum Gasteiger partial charge on any atom is 0.253 e. The van der Waals surface area contributed by atoms with E-state index in [0.717, 1.165) is 17.5 Å². The molecule has 0 N–H and O–H groups in total. The van der Waals surface area contributed by atoms with Gasteiger partial charge in [-0.1, -0.05) is 55.8 Å². The van der Waals surface area contributed by atoms with E-state index in [2.05, 4.69) is 0 Å². The molecule has 1 saturated heterocycles. The zero-order valence-electron chi connectivity index (χ0n) is 15.7. The second kappa shape index (κ2) is 8.67. The average Bonchev–Trinajstić information content (AvgIpc) is 2.72. The van der Waals surface area contributed by atoms with Crippen LogP contribution in [-0.2, 0) is 10.0 Å². The maximum atomic E-state index is 12.7. The first kappa shape index (κ1) is 19.6. The monoisotopic (exact) mass is 386 g/mol. The fourth-order valence-electron chi connectivity index (χ4n) is 3.24. The summed E-state index contributed by atoms with van der Waals surface area (Å²) in [5.41, 5.74) is 2.82. The van der Waals surface area contributed by atoms with Crippen LogP contribution in [0.15, 0.2) is 54.6 Å². The summed E-state index contributed by atoms with van der Waals surface area (Å²) in [7, 11) is -3.20. The first-order valence-corrected chi connectivity index (χ1v) is 11.0. The lowest BCUT2D eigenvalue weighted by atomic mass is 10.0. The molecule has 6 heteroatoms. The number of amides is 1. The van der Waals surface area contributed by atoms with Gasteiger partial charge in [0.15, 0.2) is 0 Å². The molecule has 1 aliphatic rings. The van der Waals surface area contributed by atoms with Crippen LogP contribution < -0.4 is 0 Å². The van der Waals surface area contributed by atoms with Crippen LogP contribution in [0.1, 0.15) is 30.1 Å². The molecule has 1 aliphatic heterocycles. The van der Waals surface area contributed by atoms with Gasteiger partial charge in [-0.25, -0.2) is 8.42 Å². The van der Waals surface area contributed by atoms with E-state index in [1.165, 1.54) is 4.31 Å². The Morgan fingerprint density at radius 1 is 0.889 bits per heavy atom. The highest BCUT2D eigenvalue weighted by Gasteiger charge is 2.28. The molecule has 3 rings (SSSR count). The number of carbonyl (C=O) groups is 1. The lowest BCUT2D eigenvalue weighted by Crippen LogP contribution is -2.51. The van der Waals surface area contributed by atoms with E-state index in [9.17, 15) is 13.2 Å². The van der Waals surface area contributed by atoms with Gasteiger partial charge in [-0.2, -0.15) is 4.31 Å². The molecule has 2 aromatic carbocycles. The third-order valence-electron chi connectivity index (χ3n) is 4.91. The van der Waals surface area contributed by atoms with Crippen molar-refractivity contribution in [3.8, 4) is 11.1 Å². The topological polar surface area (TPSA) is 57.7 Å². The highest BCUT2D eigenvalue weighted by Crippen LogP contribution is 2.20. The van der Waals surface area contributed by atoms with Crippen LogP contribution in [0.25, 0.3) is 11.1 Å². The number of benzene rings is 2. The Balaban J connectivity index is 1.61. The molecule has 2 aromatic rings. The molecule has 0 saturated carbocycles. The number of piperazine rings is 1. The number of carbonyl (C=O) groups excluding carboxylic acids is 1. The molecule has 0 aromatic heterocycles. The van der Waals surface area contributed by atoms with E-state index in [4.69, 9.17) is 0 Å². The van der Waals surface area contributed by atoms with Gasteiger partial charge in [0.25, 0.3) is 5.91 Å². The minimum Gasteiger partial charge on any atom is -0.336 e. The fraction of sp³-hybridized carbons (Fsp3) is 0.381. The number of unbranched alkanes of at least 4 members (excludes halogenated alkanes) is 1. The summed E-state index contributed by atoms with van der Waals surface area (Å²) < 4.78 is 26.1. The molecule has 0 unspecified atom stereocenters. The van der Waals surface area contributed by atoms with Crippen LogP contribution >= 0.6 is 0 Å². The van der Waals surface area contributed by atoms with Gasteiger partial charge >= 0.3 is 0 Å². The van der Waals surface area contributed by atoms with Gasteiger partial charge in [-0.05, 0) is 29.7 Å². The van der Waals surface area contributed by atoms with Crippen LogP contribution in [0.3, 0.4) is 0 Å². The summed E-state index contributed by atoms with van der Waals surface area (Å²) in [6.07, 6.45) is 1.53. The number of rotatable bonds is 6. The maximum absolute atomic E-state index is 12.7. The zero-order chi connectivity index (χ0) is 19.3. The molecule has 5 nitrogen and oxygen atoms in total. The predicted octanol–water partition coefficient (Wildman–Crippen LogP) is 3.24. The quantitative estimate of drug-likeness (QED) is 0.766. The Kier molecular flexibility index (Phi) is 6.29. The largest absolute Gasteiger partial charge is 0.336 e. The fourth-order valence-corrected chi connectivity index (χ4v) is 4.87. The van der Waals surface area contributed by atoms with Crippen LogP contribution in [0.4, 0.5) is 0 Å². The molecule has 0 radical (unpaired) electrons. The number of hydrogen-bond acceptors (Lipinski definition) is 3. The zero-order valence-corrected chi connectivity index (χ0v) is 16.5. The normalized spacial score (nSPS) is 15.7. The summed E-state index contributed by atoms with van der Waals surface area (Å²) >= 11 is 0. The predicted molar refractivity (Wildman–Crippen MR) is 108 cm³/mol. The van der Waals surface area contributed by atoms with E-state index in [1.54, 1.807) is 4.90 Å². The van der Waals surface area contributed by atoms with E-state index >= 15 is 0 Å². The highest BCUT2D eigenvalue weighted by atomic mass is 32.2. The molecule has 0 aliphatic carbocycles. The van der Waals surface area contributed by atoms with Crippen LogP contribution in [0.2, 0.25) is 0 Å². The van der Waals surface area contributed by atoms with Crippen molar-refractivity contribution >= 4 is 15.9 Å². The molecule has 0 spiro atoms. The van der Waals surface area contributed by atoms with Crippen molar-refractivity contribution in [2.24, 2.45) is 0 Å². The lowest BCUT2D eigenvalue weighted by Gasteiger charge is -2.34. The number of nitrogens with zero attached hydrogens (tertiary/aromatic N) is 2. The Morgan fingerprint density at radius 3 is 2.07 bits per heavy atom. The van der Waals surface area contributed by atoms with Crippen LogP contribution in [-0.4, -0.2) is 55.5 Å². The van der Waals surface area contributed by atoms with Crippen molar-refractivity contribution in [3.05, 3.63) is 60.2 Å². The van der Waals surface area contributed by atoms with Gasteiger partial charge < -0.3 is 4.90 Å². The standard InChI is InChI=1S/C21H26N2O3S/c1-2-3-17-27(25,26)23-15-13-22(14-16-23)21(24)20-11-9-19(10-12-20)18-7-5-4-6-8-18/h4-12H,2-3,13-17H2,1H3. The Morgan fingerprint density at radius 2 is 1.48 bits per heavy atom. The molecular formula is C21H26N2O3S. The summed E-state index contributed by atoms with van der Waals surface area (Å²) in [6.45, 7) is 3.60. The second-order valence-corrected chi connectivity index (χ2v) is 8.89. The third-order valence-corrected chi connectivity index (χ3v) is 6.87. The summed E-state index contributed by atoms with van der Waals surface area (Å²) in [4.78, 5) is 14.5. The number of hydrogen-bond donors (Lipinski definition) is 0. The Bertz CT molecular complexity index is 856. The van der Waals surface area contributed by atoms with E-state index in [1.807, 2.05) is 61.5 Å². The summed E-state index contributed by atoms with van der Waals surface area (Å²) in [5.74, 6) is 0.151.